The number of hydrogen-bond acceptors (Lipinski definition) is 2. The van der Waals surface area contributed by atoms with Gasteiger partial charge >= 0.3 is 0 Å². The van der Waals surface area contributed by atoms with Crippen molar-refractivity contribution in [3.05, 3.63) is 63.6 Å². The van der Waals surface area contributed by atoms with E-state index in [0.29, 0.717) is 5.56 Å². The van der Waals surface area contributed by atoms with Crippen LogP contribution in [-0.2, 0) is 0 Å². The molecule has 0 amide bonds. The minimum Gasteiger partial charge on any atom is -0.387 e. The van der Waals surface area contributed by atoms with E-state index >= 15 is 0 Å². The van der Waals surface area contributed by atoms with E-state index in [0.717, 1.165) is 27.9 Å². The van der Waals surface area contributed by atoms with Crippen LogP contribution in [-0.4, -0.2) is 11.7 Å². The van der Waals surface area contributed by atoms with Gasteiger partial charge < -0.3 is 10.4 Å². The van der Waals surface area contributed by atoms with Gasteiger partial charge in [-0.05, 0) is 58.2 Å². The van der Waals surface area contributed by atoms with Crippen LogP contribution in [0.5, 0.6) is 0 Å². The Bertz CT molecular complexity index is 619. The maximum atomic E-state index is 13.1. The van der Waals surface area contributed by atoms with Crippen molar-refractivity contribution >= 4 is 21.6 Å². The van der Waals surface area contributed by atoms with Gasteiger partial charge in [0.25, 0.3) is 0 Å². The third kappa shape index (κ3) is 3.55. The Morgan fingerprint density at radius 1 is 1.15 bits per heavy atom. The van der Waals surface area contributed by atoms with Crippen LogP contribution in [0.2, 0.25) is 0 Å². The predicted molar refractivity (Wildman–Crippen MR) is 78.7 cm³/mol. The summed E-state index contributed by atoms with van der Waals surface area (Å²) in [5, 5.41) is 13.1. The van der Waals surface area contributed by atoms with E-state index in [9.17, 15) is 13.9 Å². The zero-order chi connectivity index (χ0) is 14.7. The number of rotatable bonds is 4. The van der Waals surface area contributed by atoms with Crippen LogP contribution in [0.1, 0.15) is 17.2 Å². The molecular weight excluding hydrogens is 328 g/mol. The first kappa shape index (κ1) is 14.9. The first-order valence-electron chi connectivity index (χ1n) is 6.10. The van der Waals surface area contributed by atoms with Crippen LogP contribution < -0.4 is 5.32 Å². The second-order valence-electron chi connectivity index (χ2n) is 4.55. The van der Waals surface area contributed by atoms with Gasteiger partial charge in [0.2, 0.25) is 0 Å². The highest BCUT2D eigenvalue weighted by molar-refractivity contribution is 9.10. The molecule has 0 aliphatic carbocycles. The zero-order valence-corrected chi connectivity index (χ0v) is 12.4. The summed E-state index contributed by atoms with van der Waals surface area (Å²) in [6.45, 7) is 2.16. The lowest BCUT2D eigenvalue weighted by molar-refractivity contribution is 0.191. The van der Waals surface area contributed by atoms with E-state index in [1.165, 1.54) is 6.07 Å². The molecule has 2 rings (SSSR count). The molecule has 2 N–H and O–H groups in total. The van der Waals surface area contributed by atoms with Crippen molar-refractivity contribution in [1.29, 1.82) is 0 Å². The highest BCUT2D eigenvalue weighted by Crippen LogP contribution is 2.24. The molecule has 5 heteroatoms. The molecule has 0 saturated heterocycles. The standard InChI is InChI=1S/C15H14BrF2NO/c1-9-2-4-11(16)14(6-9)19-8-15(20)10-3-5-12(17)13(18)7-10/h2-7,15,19-20H,8H2,1H3. The van der Waals surface area contributed by atoms with Gasteiger partial charge in [-0.25, -0.2) is 8.78 Å². The van der Waals surface area contributed by atoms with Crippen molar-refractivity contribution in [3.63, 3.8) is 0 Å². The largest absolute Gasteiger partial charge is 0.387 e. The average molecular weight is 342 g/mol. The number of aliphatic hydroxyl groups excluding tert-OH is 1. The van der Waals surface area contributed by atoms with Crippen LogP contribution in [0.4, 0.5) is 14.5 Å². The number of anilines is 1. The van der Waals surface area contributed by atoms with Gasteiger partial charge in [0.05, 0.1) is 6.10 Å². The fourth-order valence-corrected chi connectivity index (χ4v) is 2.21. The molecule has 1 atom stereocenters. The smallest absolute Gasteiger partial charge is 0.159 e. The van der Waals surface area contributed by atoms with E-state index in [1.807, 2.05) is 25.1 Å². The molecule has 0 saturated carbocycles. The summed E-state index contributed by atoms with van der Waals surface area (Å²) in [5.41, 5.74) is 2.25. The van der Waals surface area contributed by atoms with E-state index in [-0.39, 0.29) is 6.54 Å². The van der Waals surface area contributed by atoms with Crippen molar-refractivity contribution in [2.24, 2.45) is 0 Å². The van der Waals surface area contributed by atoms with Crippen molar-refractivity contribution in [2.45, 2.75) is 13.0 Å². The highest BCUT2D eigenvalue weighted by atomic mass is 79.9. The second kappa shape index (κ2) is 6.33. The Balaban J connectivity index is 2.06. The molecule has 0 aliphatic rings. The lowest BCUT2D eigenvalue weighted by Gasteiger charge is -2.15. The Hall–Kier alpha value is -1.46. The molecule has 0 spiro atoms. The number of nitrogens with one attached hydrogen (secondary N) is 1. The number of hydrogen-bond donors (Lipinski definition) is 2. The second-order valence-corrected chi connectivity index (χ2v) is 5.41. The molecular formula is C15H14BrF2NO. The van der Waals surface area contributed by atoms with Gasteiger partial charge in [0, 0.05) is 16.7 Å². The Labute approximate surface area is 124 Å². The predicted octanol–water partition coefficient (Wildman–Crippen LogP) is 4.18. The monoisotopic (exact) mass is 341 g/mol. The van der Waals surface area contributed by atoms with Gasteiger partial charge in [0.15, 0.2) is 11.6 Å². The molecule has 2 nitrogen and oxygen atoms in total. The van der Waals surface area contributed by atoms with Gasteiger partial charge in [0.1, 0.15) is 0 Å². The normalized spacial score (nSPS) is 12.2. The summed E-state index contributed by atoms with van der Waals surface area (Å²) in [6.07, 6.45) is -0.919. The number of aryl methyl sites for hydroxylation is 1. The topological polar surface area (TPSA) is 32.3 Å². The summed E-state index contributed by atoms with van der Waals surface area (Å²) in [5.74, 6) is -1.88. The molecule has 106 valence electrons. The molecule has 0 aliphatic heterocycles. The van der Waals surface area contributed by atoms with E-state index in [1.54, 1.807) is 0 Å². The van der Waals surface area contributed by atoms with Crippen LogP contribution >= 0.6 is 15.9 Å². The lowest BCUT2D eigenvalue weighted by Crippen LogP contribution is -2.13. The van der Waals surface area contributed by atoms with Gasteiger partial charge in [-0.1, -0.05) is 12.1 Å². The molecule has 20 heavy (non-hydrogen) atoms. The third-order valence-corrected chi connectivity index (χ3v) is 3.63. The van der Waals surface area contributed by atoms with E-state index in [2.05, 4.69) is 21.2 Å². The van der Waals surface area contributed by atoms with Crippen molar-refractivity contribution in [3.8, 4) is 0 Å². The highest BCUT2D eigenvalue weighted by Gasteiger charge is 2.11. The molecule has 2 aromatic carbocycles. The number of halogens is 3. The SMILES string of the molecule is Cc1ccc(Br)c(NCC(O)c2ccc(F)c(F)c2)c1. The minimum atomic E-state index is -0.960. The van der Waals surface area contributed by atoms with Crippen molar-refractivity contribution in [1.82, 2.24) is 0 Å². The zero-order valence-electron chi connectivity index (χ0n) is 10.8. The molecule has 0 aromatic heterocycles. The lowest BCUT2D eigenvalue weighted by atomic mass is 10.1. The molecule has 0 bridgehead atoms. The Morgan fingerprint density at radius 3 is 2.60 bits per heavy atom. The van der Waals surface area contributed by atoms with Crippen LogP contribution in [0.25, 0.3) is 0 Å². The van der Waals surface area contributed by atoms with Gasteiger partial charge in [-0.15, -0.1) is 0 Å². The fourth-order valence-electron chi connectivity index (χ4n) is 1.82. The van der Waals surface area contributed by atoms with Crippen LogP contribution in [0.3, 0.4) is 0 Å². The van der Waals surface area contributed by atoms with E-state index in [4.69, 9.17) is 0 Å². The maximum absolute atomic E-state index is 13.1. The quantitative estimate of drug-likeness (QED) is 0.874. The summed E-state index contributed by atoms with van der Waals surface area (Å²) in [7, 11) is 0. The molecule has 0 radical (unpaired) electrons. The summed E-state index contributed by atoms with van der Waals surface area (Å²) in [4.78, 5) is 0. The molecule has 0 heterocycles. The van der Waals surface area contributed by atoms with Crippen LogP contribution in [0, 0.1) is 18.6 Å². The molecule has 2 aromatic rings. The van der Waals surface area contributed by atoms with Crippen molar-refractivity contribution in [2.75, 3.05) is 11.9 Å². The minimum absolute atomic E-state index is 0.202. The van der Waals surface area contributed by atoms with Crippen LogP contribution in [0.15, 0.2) is 40.9 Å². The first-order valence-corrected chi connectivity index (χ1v) is 6.89. The Morgan fingerprint density at radius 2 is 1.90 bits per heavy atom. The van der Waals surface area contributed by atoms with Crippen molar-refractivity contribution < 1.29 is 13.9 Å². The fraction of sp³-hybridized carbons (Fsp3) is 0.200. The Kier molecular flexibility index (Phi) is 4.73. The first-order chi connectivity index (χ1) is 9.47. The third-order valence-electron chi connectivity index (χ3n) is 2.94. The summed E-state index contributed by atoms with van der Waals surface area (Å²) in [6, 6.07) is 9.18. The molecule has 1 unspecified atom stereocenters. The number of benzene rings is 2. The maximum Gasteiger partial charge on any atom is 0.159 e. The molecule has 0 fully saturated rings. The van der Waals surface area contributed by atoms with Gasteiger partial charge in [-0.2, -0.15) is 0 Å². The summed E-state index contributed by atoms with van der Waals surface area (Å²) < 4.78 is 26.8. The summed E-state index contributed by atoms with van der Waals surface area (Å²) >= 11 is 3.40. The van der Waals surface area contributed by atoms with Gasteiger partial charge in [-0.3, -0.25) is 0 Å². The van der Waals surface area contributed by atoms with E-state index < -0.39 is 17.7 Å². The number of aliphatic hydroxyl groups is 1. The average Bonchev–Trinajstić information content (AvgIpc) is 2.42.